The summed E-state index contributed by atoms with van der Waals surface area (Å²) in [6, 6.07) is -0.784. The van der Waals surface area contributed by atoms with Crippen molar-refractivity contribution in [3.63, 3.8) is 0 Å². The average molecular weight is 298 g/mol. The second-order valence-electron chi connectivity index (χ2n) is 8.05. The lowest BCUT2D eigenvalue weighted by atomic mass is 9.61. The number of rotatable bonds is 3. The first kappa shape index (κ1) is 18.0. The number of carbonyl (C=O) groups is 2. The highest BCUT2D eigenvalue weighted by Gasteiger charge is 2.46. The summed E-state index contributed by atoms with van der Waals surface area (Å²) in [7, 11) is 0. The molecule has 122 valence electrons. The highest BCUT2D eigenvalue weighted by Crippen LogP contribution is 2.44. The van der Waals surface area contributed by atoms with Gasteiger partial charge in [-0.2, -0.15) is 0 Å². The molecule has 0 spiro atoms. The van der Waals surface area contributed by atoms with Crippen LogP contribution in [0.25, 0.3) is 0 Å². The third kappa shape index (κ3) is 3.76. The molecular formula is C16H30N2O3. The van der Waals surface area contributed by atoms with Crippen molar-refractivity contribution in [2.24, 2.45) is 28.4 Å². The molecule has 0 radical (unpaired) electrons. The van der Waals surface area contributed by atoms with Gasteiger partial charge in [-0.05, 0) is 29.6 Å². The highest BCUT2D eigenvalue weighted by atomic mass is 16.4. The van der Waals surface area contributed by atoms with Crippen LogP contribution in [0.3, 0.4) is 0 Å². The number of carboxylic acid groups (broad SMARTS) is 1. The molecular weight excluding hydrogens is 268 g/mol. The summed E-state index contributed by atoms with van der Waals surface area (Å²) >= 11 is 0. The van der Waals surface area contributed by atoms with Gasteiger partial charge in [-0.1, -0.05) is 41.5 Å². The summed E-state index contributed by atoms with van der Waals surface area (Å²) in [4.78, 5) is 24.0. The van der Waals surface area contributed by atoms with Crippen molar-refractivity contribution in [2.45, 2.75) is 66.5 Å². The molecule has 0 aliphatic heterocycles. The quantitative estimate of drug-likeness (QED) is 0.743. The first-order valence-corrected chi connectivity index (χ1v) is 7.67. The Balaban J connectivity index is 2.90. The van der Waals surface area contributed by atoms with Crippen LogP contribution < -0.4 is 11.1 Å². The molecule has 0 saturated heterocycles. The number of hydrogen-bond acceptors (Lipinski definition) is 3. The van der Waals surface area contributed by atoms with Crippen LogP contribution in [0.2, 0.25) is 0 Å². The molecule has 4 N–H and O–H groups in total. The topological polar surface area (TPSA) is 92.4 Å². The van der Waals surface area contributed by atoms with E-state index in [2.05, 4.69) is 12.2 Å². The SMILES string of the molecule is CC1C(N)CCC(C(=O)N[C@@H](C(=O)O)C(C)(C)C)C1(C)C. The normalized spacial score (nSPS) is 30.5. The third-order valence-corrected chi connectivity index (χ3v) is 5.22. The van der Waals surface area contributed by atoms with Crippen molar-refractivity contribution in [1.29, 1.82) is 0 Å². The maximum absolute atomic E-state index is 12.6. The predicted octanol–water partition coefficient (Wildman–Crippen LogP) is 2.00. The number of aliphatic carboxylic acids is 1. The molecule has 0 heterocycles. The largest absolute Gasteiger partial charge is 0.480 e. The van der Waals surface area contributed by atoms with Gasteiger partial charge in [0.15, 0.2) is 0 Å². The van der Waals surface area contributed by atoms with E-state index in [1.54, 1.807) is 0 Å². The fourth-order valence-corrected chi connectivity index (χ4v) is 3.21. The van der Waals surface area contributed by atoms with Gasteiger partial charge in [0.25, 0.3) is 0 Å². The third-order valence-electron chi connectivity index (χ3n) is 5.22. The lowest BCUT2D eigenvalue weighted by Crippen LogP contribution is -2.56. The van der Waals surface area contributed by atoms with E-state index in [9.17, 15) is 14.7 Å². The summed E-state index contributed by atoms with van der Waals surface area (Å²) in [5, 5.41) is 12.1. The van der Waals surface area contributed by atoms with E-state index in [0.29, 0.717) is 6.42 Å². The van der Waals surface area contributed by atoms with Crippen molar-refractivity contribution >= 4 is 11.9 Å². The van der Waals surface area contributed by atoms with E-state index < -0.39 is 17.4 Å². The van der Waals surface area contributed by atoms with Crippen molar-refractivity contribution < 1.29 is 14.7 Å². The fraction of sp³-hybridized carbons (Fsp3) is 0.875. The van der Waals surface area contributed by atoms with Gasteiger partial charge < -0.3 is 16.2 Å². The maximum Gasteiger partial charge on any atom is 0.326 e. The van der Waals surface area contributed by atoms with Crippen LogP contribution in [0.1, 0.15) is 54.4 Å². The highest BCUT2D eigenvalue weighted by molar-refractivity contribution is 5.86. The molecule has 4 atom stereocenters. The number of amides is 1. The summed E-state index contributed by atoms with van der Waals surface area (Å²) in [6.45, 7) is 11.6. The van der Waals surface area contributed by atoms with Gasteiger partial charge in [-0.3, -0.25) is 4.79 Å². The molecule has 5 nitrogen and oxygen atoms in total. The molecule has 1 amide bonds. The Hall–Kier alpha value is -1.10. The zero-order chi connectivity index (χ0) is 16.6. The van der Waals surface area contributed by atoms with E-state index in [1.807, 2.05) is 34.6 Å². The maximum atomic E-state index is 12.6. The monoisotopic (exact) mass is 298 g/mol. The average Bonchev–Trinajstić information content (AvgIpc) is 2.31. The van der Waals surface area contributed by atoms with E-state index in [0.717, 1.165) is 6.42 Å². The number of carboxylic acids is 1. The Morgan fingerprint density at radius 2 is 1.81 bits per heavy atom. The van der Waals surface area contributed by atoms with Crippen LogP contribution in [0.15, 0.2) is 0 Å². The van der Waals surface area contributed by atoms with Crippen LogP contribution in [0.5, 0.6) is 0 Å². The number of carbonyl (C=O) groups excluding carboxylic acids is 1. The van der Waals surface area contributed by atoms with E-state index in [1.165, 1.54) is 0 Å². The molecule has 1 saturated carbocycles. The molecule has 21 heavy (non-hydrogen) atoms. The molecule has 1 aliphatic carbocycles. The molecule has 0 aromatic rings. The molecule has 3 unspecified atom stereocenters. The molecule has 1 rings (SSSR count). The minimum absolute atomic E-state index is 0.0990. The Morgan fingerprint density at radius 3 is 2.24 bits per heavy atom. The van der Waals surface area contributed by atoms with E-state index in [4.69, 9.17) is 5.73 Å². The van der Waals surface area contributed by atoms with Crippen molar-refractivity contribution in [1.82, 2.24) is 5.32 Å². The number of nitrogens with one attached hydrogen (secondary N) is 1. The molecule has 0 aromatic carbocycles. The standard InChI is InChI=1S/C16H30N2O3/c1-9-11(17)8-7-10(16(9,5)6)13(19)18-12(14(20)21)15(2,3)4/h9-12H,7-8,17H2,1-6H3,(H,18,19)(H,20,21)/t9?,10?,11?,12-/m0/s1. The summed E-state index contributed by atoms with van der Waals surface area (Å²) in [6.07, 6.45) is 1.51. The molecule has 1 aliphatic rings. The van der Waals surface area contributed by atoms with Gasteiger partial charge in [0.05, 0.1) is 0 Å². The lowest BCUT2D eigenvalue weighted by Gasteiger charge is -2.46. The molecule has 0 bridgehead atoms. The van der Waals surface area contributed by atoms with Gasteiger partial charge in [0.1, 0.15) is 6.04 Å². The summed E-state index contributed by atoms with van der Waals surface area (Å²) in [5.74, 6) is -1.13. The molecule has 5 heteroatoms. The summed E-state index contributed by atoms with van der Waals surface area (Å²) in [5.41, 5.74) is 5.35. The van der Waals surface area contributed by atoms with Crippen molar-refractivity contribution in [3.8, 4) is 0 Å². The zero-order valence-corrected chi connectivity index (χ0v) is 14.1. The Kier molecular flexibility index (Phi) is 5.09. The van der Waals surface area contributed by atoms with E-state index >= 15 is 0 Å². The van der Waals surface area contributed by atoms with E-state index in [-0.39, 0.29) is 29.2 Å². The van der Waals surface area contributed by atoms with Crippen molar-refractivity contribution in [3.05, 3.63) is 0 Å². The van der Waals surface area contributed by atoms with Crippen LogP contribution in [-0.2, 0) is 9.59 Å². The first-order chi connectivity index (χ1) is 9.39. The van der Waals surface area contributed by atoms with Gasteiger partial charge in [0, 0.05) is 12.0 Å². The molecule has 0 aromatic heterocycles. The summed E-state index contributed by atoms with van der Waals surface area (Å²) < 4.78 is 0. The van der Waals surface area contributed by atoms with Crippen molar-refractivity contribution in [2.75, 3.05) is 0 Å². The Labute approximate surface area is 127 Å². The molecule has 1 fully saturated rings. The lowest BCUT2D eigenvalue weighted by molar-refractivity contribution is -0.147. The number of hydrogen-bond donors (Lipinski definition) is 3. The van der Waals surface area contributed by atoms with Crippen LogP contribution >= 0.6 is 0 Å². The Morgan fingerprint density at radius 1 is 1.29 bits per heavy atom. The fourth-order valence-electron chi connectivity index (χ4n) is 3.21. The van der Waals surface area contributed by atoms with Crippen LogP contribution in [-0.4, -0.2) is 29.1 Å². The Bertz CT molecular complexity index is 412. The van der Waals surface area contributed by atoms with Gasteiger partial charge in [-0.15, -0.1) is 0 Å². The smallest absolute Gasteiger partial charge is 0.326 e. The van der Waals surface area contributed by atoms with Gasteiger partial charge in [0.2, 0.25) is 5.91 Å². The second kappa shape index (κ2) is 5.95. The number of nitrogens with two attached hydrogens (primary N) is 1. The minimum atomic E-state index is -0.991. The first-order valence-electron chi connectivity index (χ1n) is 7.67. The van der Waals surface area contributed by atoms with Gasteiger partial charge >= 0.3 is 5.97 Å². The zero-order valence-electron chi connectivity index (χ0n) is 14.1. The second-order valence-corrected chi connectivity index (χ2v) is 8.05. The van der Waals surface area contributed by atoms with Crippen LogP contribution in [0, 0.1) is 22.7 Å². The van der Waals surface area contributed by atoms with Crippen LogP contribution in [0.4, 0.5) is 0 Å². The predicted molar refractivity (Wildman–Crippen MR) is 82.7 cm³/mol. The van der Waals surface area contributed by atoms with Gasteiger partial charge in [-0.25, -0.2) is 4.79 Å². The minimum Gasteiger partial charge on any atom is -0.480 e.